The summed E-state index contributed by atoms with van der Waals surface area (Å²) in [4.78, 5) is 20.2. The molecule has 0 saturated heterocycles. The molecule has 1 aromatic carbocycles. The van der Waals surface area contributed by atoms with Crippen molar-refractivity contribution in [3.8, 4) is 29.0 Å². The Morgan fingerprint density at radius 2 is 2.17 bits per heavy atom. The van der Waals surface area contributed by atoms with E-state index < -0.39 is 25.4 Å². The first-order chi connectivity index (χ1) is 16.9. The summed E-state index contributed by atoms with van der Waals surface area (Å²) in [6.07, 6.45) is 4.81. The number of ether oxygens (including phenoxy) is 2. The number of aromatic nitrogens is 4. The Balaban J connectivity index is 1.61. The Labute approximate surface area is 210 Å². The van der Waals surface area contributed by atoms with Gasteiger partial charge >= 0.3 is 0 Å². The van der Waals surface area contributed by atoms with Crippen LogP contribution in [0, 0.1) is 17.7 Å². The highest BCUT2D eigenvalue weighted by molar-refractivity contribution is 6.76. The quantitative estimate of drug-likeness (QED) is 0.286. The topological polar surface area (TPSA) is 117 Å². The molecule has 1 atom stereocenters. The van der Waals surface area contributed by atoms with Gasteiger partial charge in [0.1, 0.15) is 36.4 Å². The summed E-state index contributed by atoms with van der Waals surface area (Å²) in [5.74, 6) is 5.22. The van der Waals surface area contributed by atoms with Crippen molar-refractivity contribution in [2.24, 2.45) is 5.73 Å². The molecular formula is C25H30FN5O4Si. The smallest absolute Gasteiger partial charge is 0.268 e. The predicted octanol–water partition coefficient (Wildman–Crippen LogP) is 2.95. The number of nitrogens with two attached hydrogens (primary N) is 1. The molecule has 36 heavy (non-hydrogen) atoms. The molecule has 4 rings (SSSR count). The van der Waals surface area contributed by atoms with Crippen molar-refractivity contribution in [2.45, 2.75) is 51.5 Å². The maximum absolute atomic E-state index is 14.9. The first-order valence-corrected chi connectivity index (χ1v) is 15.3. The van der Waals surface area contributed by atoms with E-state index in [4.69, 9.17) is 15.2 Å². The molecule has 1 aliphatic heterocycles. The van der Waals surface area contributed by atoms with E-state index in [1.165, 1.54) is 19.1 Å². The highest BCUT2D eigenvalue weighted by atomic mass is 28.3. The fourth-order valence-corrected chi connectivity index (χ4v) is 4.50. The third kappa shape index (κ3) is 5.67. The Kier molecular flexibility index (Phi) is 7.04. The number of amides is 1. The first kappa shape index (κ1) is 25.6. The summed E-state index contributed by atoms with van der Waals surface area (Å²) in [6.45, 7) is 9.87. The van der Waals surface area contributed by atoms with Crippen LogP contribution in [0.1, 0.15) is 28.8 Å². The van der Waals surface area contributed by atoms with Gasteiger partial charge in [0.2, 0.25) is 0 Å². The van der Waals surface area contributed by atoms with Gasteiger partial charge in [-0.3, -0.25) is 4.79 Å². The van der Waals surface area contributed by atoms with Crippen LogP contribution in [0.15, 0.2) is 30.7 Å². The predicted molar refractivity (Wildman–Crippen MR) is 134 cm³/mol. The van der Waals surface area contributed by atoms with Gasteiger partial charge in [-0.1, -0.05) is 31.5 Å². The van der Waals surface area contributed by atoms with E-state index in [9.17, 15) is 14.3 Å². The molecule has 1 amide bonds. The maximum atomic E-state index is 14.9. The molecule has 1 unspecified atom stereocenters. The van der Waals surface area contributed by atoms with Crippen LogP contribution in [-0.2, 0) is 23.6 Å². The summed E-state index contributed by atoms with van der Waals surface area (Å²) in [5.41, 5.74) is 4.33. The summed E-state index contributed by atoms with van der Waals surface area (Å²) in [6, 6.07) is 3.75. The van der Waals surface area contributed by atoms with E-state index in [0.717, 1.165) is 6.04 Å². The number of halogens is 1. The van der Waals surface area contributed by atoms with Crippen LogP contribution >= 0.6 is 0 Å². The number of carbonyl (C=O) groups excluding carboxylic acids is 1. The van der Waals surface area contributed by atoms with Crippen LogP contribution in [0.2, 0.25) is 25.7 Å². The molecule has 3 aromatic rings. The largest absolute Gasteiger partial charge is 0.491 e. The van der Waals surface area contributed by atoms with Gasteiger partial charge in [0.15, 0.2) is 11.4 Å². The Morgan fingerprint density at radius 1 is 1.39 bits per heavy atom. The van der Waals surface area contributed by atoms with Crippen molar-refractivity contribution >= 4 is 14.0 Å². The number of nitrogens with zero attached hydrogens (tertiary/aromatic N) is 4. The molecule has 0 fully saturated rings. The number of fused-ring (bicyclic) bond motifs is 3. The van der Waals surface area contributed by atoms with Gasteiger partial charge in [-0.25, -0.2) is 14.4 Å². The lowest BCUT2D eigenvalue weighted by Gasteiger charge is -2.19. The van der Waals surface area contributed by atoms with Crippen LogP contribution in [0.4, 0.5) is 4.39 Å². The minimum atomic E-state index is -1.67. The molecule has 0 aliphatic carbocycles. The van der Waals surface area contributed by atoms with Gasteiger partial charge in [0.25, 0.3) is 5.91 Å². The monoisotopic (exact) mass is 511 g/mol. The number of primary amides is 1. The summed E-state index contributed by atoms with van der Waals surface area (Å²) in [7, 11) is -1.22. The Morgan fingerprint density at radius 3 is 2.89 bits per heavy atom. The minimum Gasteiger partial charge on any atom is -0.491 e. The normalized spacial score (nSPS) is 14.5. The van der Waals surface area contributed by atoms with E-state index in [1.54, 1.807) is 27.7 Å². The standard InChI is InChI=1S/C25H30FN5O4Si/c1-25(33,24-28-7-8-31(24)16-34-11-12-36(2,3)4)6-5-17-13-18-21(14-19(17)26)35-10-9-30-15-20(22(27)32)29-23(18)30/h7-8,13-15,33H,9-12,16H2,1-4H3,(H2,27,32). The lowest BCUT2D eigenvalue weighted by molar-refractivity contribution is 0.0621. The lowest BCUT2D eigenvalue weighted by Crippen LogP contribution is -2.26. The van der Waals surface area contributed by atoms with Crippen molar-refractivity contribution in [1.82, 2.24) is 19.1 Å². The summed E-state index contributed by atoms with van der Waals surface area (Å²) in [5, 5.41) is 11.1. The molecule has 0 saturated carbocycles. The molecule has 11 heteroatoms. The van der Waals surface area contributed by atoms with E-state index >= 15 is 0 Å². The van der Waals surface area contributed by atoms with Crippen LogP contribution in [0.25, 0.3) is 11.4 Å². The molecule has 9 nitrogen and oxygen atoms in total. The average Bonchev–Trinajstić information content (AvgIpc) is 3.40. The zero-order chi connectivity index (χ0) is 26.1. The highest BCUT2D eigenvalue weighted by Gasteiger charge is 2.27. The third-order valence-corrected chi connectivity index (χ3v) is 7.45. The number of hydrogen-bond donors (Lipinski definition) is 2. The summed E-state index contributed by atoms with van der Waals surface area (Å²) >= 11 is 0. The van der Waals surface area contributed by atoms with Crippen molar-refractivity contribution in [3.05, 3.63) is 53.6 Å². The van der Waals surface area contributed by atoms with Gasteiger partial charge < -0.3 is 29.4 Å². The fourth-order valence-electron chi connectivity index (χ4n) is 3.74. The zero-order valence-corrected chi connectivity index (χ0v) is 21.8. The number of benzene rings is 1. The number of hydrogen-bond acceptors (Lipinski definition) is 6. The second-order valence-electron chi connectivity index (χ2n) is 10.1. The van der Waals surface area contributed by atoms with E-state index in [-0.39, 0.29) is 30.3 Å². The second kappa shape index (κ2) is 9.89. The van der Waals surface area contributed by atoms with Gasteiger partial charge in [0, 0.05) is 39.3 Å². The first-order valence-electron chi connectivity index (χ1n) is 11.6. The van der Waals surface area contributed by atoms with Gasteiger partial charge in [-0.15, -0.1) is 0 Å². The highest BCUT2D eigenvalue weighted by Crippen LogP contribution is 2.34. The fraction of sp³-hybridized carbons (Fsp3) is 0.400. The second-order valence-corrected chi connectivity index (χ2v) is 15.7. The van der Waals surface area contributed by atoms with E-state index in [0.29, 0.717) is 30.4 Å². The Bertz CT molecular complexity index is 1350. The number of carbonyl (C=O) groups is 1. The Hall–Kier alpha value is -3.46. The number of rotatable bonds is 7. The molecular weight excluding hydrogens is 481 g/mol. The SMILES string of the molecule is CC(O)(C#Cc1cc2c(cc1F)OCCn1cc(C(N)=O)nc1-2)c1nccn1COCC[Si](C)(C)C. The van der Waals surface area contributed by atoms with Crippen molar-refractivity contribution < 1.29 is 23.8 Å². The molecule has 0 spiro atoms. The van der Waals surface area contributed by atoms with Gasteiger partial charge in [-0.05, 0) is 19.0 Å². The van der Waals surface area contributed by atoms with Crippen molar-refractivity contribution in [1.29, 1.82) is 0 Å². The lowest BCUT2D eigenvalue weighted by atomic mass is 10.0. The number of imidazole rings is 2. The van der Waals surface area contributed by atoms with E-state index in [2.05, 4.69) is 41.4 Å². The van der Waals surface area contributed by atoms with Crippen molar-refractivity contribution in [2.75, 3.05) is 13.2 Å². The molecule has 190 valence electrons. The average molecular weight is 512 g/mol. The zero-order valence-electron chi connectivity index (χ0n) is 20.8. The number of aliphatic hydroxyl groups is 1. The van der Waals surface area contributed by atoms with Crippen LogP contribution < -0.4 is 10.5 Å². The third-order valence-electron chi connectivity index (χ3n) is 5.75. The molecule has 3 heterocycles. The van der Waals surface area contributed by atoms with Crippen LogP contribution in [0.3, 0.4) is 0 Å². The van der Waals surface area contributed by atoms with Crippen LogP contribution in [0.5, 0.6) is 5.75 Å². The molecule has 0 bridgehead atoms. The maximum Gasteiger partial charge on any atom is 0.268 e. The molecule has 0 radical (unpaired) electrons. The summed E-state index contributed by atoms with van der Waals surface area (Å²) < 4.78 is 29.8. The van der Waals surface area contributed by atoms with Crippen molar-refractivity contribution in [3.63, 3.8) is 0 Å². The molecule has 2 aromatic heterocycles. The van der Waals surface area contributed by atoms with Gasteiger partial charge in [0.05, 0.1) is 17.7 Å². The molecule has 1 aliphatic rings. The molecule has 3 N–H and O–H groups in total. The van der Waals surface area contributed by atoms with Crippen LogP contribution in [-0.4, -0.2) is 51.4 Å². The van der Waals surface area contributed by atoms with E-state index in [1.807, 2.05) is 0 Å². The minimum absolute atomic E-state index is 0.0409. The van der Waals surface area contributed by atoms with Gasteiger partial charge in [-0.2, -0.15) is 0 Å².